The molecule has 0 saturated carbocycles. The number of unbranched alkanes of at least 4 members (excludes halogenated alkanes) is 2. The quantitative estimate of drug-likeness (QED) is 0.0268. The first kappa shape index (κ1) is 50.4. The van der Waals surface area contributed by atoms with E-state index in [-0.39, 0.29) is 37.1 Å². The second kappa shape index (κ2) is 26.3. The number of terminal acetylenes is 1. The van der Waals surface area contributed by atoms with Crippen LogP contribution in [-0.4, -0.2) is 160 Å². The first-order valence-electron chi connectivity index (χ1n) is 23.1. The maximum Gasteiger partial charge on any atom is 0.408 e. The van der Waals surface area contributed by atoms with Crippen molar-refractivity contribution in [1.29, 1.82) is 0 Å². The number of rotatable bonds is 28. The first-order chi connectivity index (χ1) is 34.2. The third kappa shape index (κ3) is 14.7. The summed E-state index contributed by atoms with van der Waals surface area (Å²) in [4.78, 5) is 70.9. The minimum Gasteiger partial charge on any atom is -0.508 e. The van der Waals surface area contributed by atoms with Gasteiger partial charge in [0.1, 0.15) is 23.6 Å². The molecule has 70 heavy (non-hydrogen) atoms. The molecule has 1 fully saturated rings. The molecule has 0 atom stereocenters. The minimum atomic E-state index is -0.584. The number of phenolic OH excluding ortho intramolecular Hbond substituents is 1. The van der Waals surface area contributed by atoms with Gasteiger partial charge in [-0.2, -0.15) is 5.10 Å². The summed E-state index contributed by atoms with van der Waals surface area (Å²) in [5.74, 6) is 3.73. The lowest BCUT2D eigenvalue weighted by molar-refractivity contribution is -0.122. The molecular formula is C47H58N14O9. The van der Waals surface area contributed by atoms with Gasteiger partial charge in [0.05, 0.1) is 69.5 Å². The van der Waals surface area contributed by atoms with Crippen LogP contribution in [0.4, 0.5) is 22.5 Å². The topological polar surface area (TPSA) is 285 Å². The number of nitrogens with zero attached hydrogens (tertiary/aromatic N) is 10. The van der Waals surface area contributed by atoms with E-state index in [0.717, 1.165) is 35.0 Å². The molecule has 1 aliphatic heterocycles. The molecule has 6 aromatic rings. The van der Waals surface area contributed by atoms with Gasteiger partial charge in [0.25, 0.3) is 0 Å². The van der Waals surface area contributed by atoms with Crippen LogP contribution in [0.25, 0.3) is 33.3 Å². The molecule has 0 unspecified atom stereocenters. The number of amides is 2. The second-order valence-electron chi connectivity index (χ2n) is 16.0. The number of nitrogens with two attached hydrogens (primary N) is 1. The number of phenols is 1. The van der Waals surface area contributed by atoms with Crippen LogP contribution in [0.1, 0.15) is 48.0 Å². The summed E-state index contributed by atoms with van der Waals surface area (Å²) >= 11 is 0. The standard InChI is InChI=1S/C47H58N14O9/c1-2-16-70-47(65)49-10-18-67-20-22-69-24-23-68-21-19-66-17-9-40(64)50-27-33-28-51-45(52-29-33)59-12-14-60(15-13-59)46-53-30-35(31-54-46)39(63)6-4-3-5-11-61-44-41(43(48)55-32-56-44)42(58-61)38-26-34-25-36(62)7-8-37(34)57-38/h1,7-8,25-26,28-32,57,62H,3-6,9-24,27H2,(H,49,65)(H,50,64)(H2,48,55,56). The summed E-state index contributed by atoms with van der Waals surface area (Å²) in [7, 11) is 0. The average Bonchev–Trinajstić information content (AvgIpc) is 3.98. The summed E-state index contributed by atoms with van der Waals surface area (Å²) in [6.45, 7) is 6.64. The lowest BCUT2D eigenvalue weighted by atomic mass is 10.1. The lowest BCUT2D eigenvalue weighted by Gasteiger charge is -2.34. The molecule has 1 saturated heterocycles. The fourth-order valence-corrected chi connectivity index (χ4v) is 7.43. The summed E-state index contributed by atoms with van der Waals surface area (Å²) in [6, 6.07) is 7.04. The molecule has 0 bridgehead atoms. The van der Waals surface area contributed by atoms with E-state index in [4.69, 9.17) is 36.2 Å². The van der Waals surface area contributed by atoms with Crippen molar-refractivity contribution in [3.05, 3.63) is 66.5 Å². The van der Waals surface area contributed by atoms with Crippen molar-refractivity contribution < 1.29 is 43.2 Å². The second-order valence-corrected chi connectivity index (χ2v) is 16.0. The molecule has 7 rings (SSSR count). The Balaban J connectivity index is 0.716. The molecule has 1 aromatic carbocycles. The summed E-state index contributed by atoms with van der Waals surface area (Å²) in [5, 5.41) is 21.7. The molecule has 5 aromatic heterocycles. The van der Waals surface area contributed by atoms with Crippen molar-refractivity contribution in [1.82, 2.24) is 55.3 Å². The molecule has 6 N–H and O–H groups in total. The van der Waals surface area contributed by atoms with E-state index in [1.807, 2.05) is 16.8 Å². The number of alkyl carbamates (subject to hydrolysis) is 1. The Labute approximate surface area is 403 Å². The number of fused-ring (bicyclic) bond motifs is 2. The van der Waals surface area contributed by atoms with Crippen molar-refractivity contribution in [2.24, 2.45) is 0 Å². The SMILES string of the molecule is C#CCOC(=O)NCCOCCOCCOCCOCCC(=O)NCc1cnc(N2CCN(c3ncc(C(=O)CCCCCn4nc(-c5cc6cc(O)ccc6[nH]5)c5c(N)ncnc54)cn3)CC2)nc1. The minimum absolute atomic E-state index is 0.00770. The van der Waals surface area contributed by atoms with E-state index in [2.05, 4.69) is 66.0 Å². The number of Topliss-reactive ketones (excluding diaryl/α,β-unsaturated/α-hetero) is 1. The van der Waals surface area contributed by atoms with E-state index in [9.17, 15) is 19.5 Å². The van der Waals surface area contributed by atoms with Crippen LogP contribution < -0.4 is 26.2 Å². The number of aromatic amines is 1. The fraction of sp³-hybridized carbons (Fsp3) is 0.447. The normalized spacial score (nSPS) is 12.6. The molecule has 23 nitrogen and oxygen atoms in total. The number of piperazine rings is 1. The Morgan fingerprint density at radius 1 is 0.771 bits per heavy atom. The number of aromatic hydroxyl groups is 1. The zero-order valence-electron chi connectivity index (χ0n) is 38.9. The van der Waals surface area contributed by atoms with Gasteiger partial charge >= 0.3 is 6.09 Å². The summed E-state index contributed by atoms with van der Waals surface area (Å²) < 4.78 is 28.3. The van der Waals surface area contributed by atoms with Gasteiger partial charge in [-0.1, -0.05) is 12.3 Å². The Hall–Kier alpha value is -7.52. The van der Waals surface area contributed by atoms with Gasteiger partial charge in [0, 0.05) is 99.9 Å². The van der Waals surface area contributed by atoms with E-state index < -0.39 is 6.09 Å². The van der Waals surface area contributed by atoms with Crippen molar-refractivity contribution in [3.63, 3.8) is 0 Å². The largest absolute Gasteiger partial charge is 0.508 e. The molecule has 6 heterocycles. The Kier molecular flexibility index (Phi) is 18.9. The van der Waals surface area contributed by atoms with E-state index in [0.29, 0.717) is 145 Å². The number of carbonyl (C=O) groups is 3. The number of benzene rings is 1. The van der Waals surface area contributed by atoms with Crippen LogP contribution in [-0.2, 0) is 41.6 Å². The van der Waals surface area contributed by atoms with Gasteiger partial charge in [0.2, 0.25) is 17.8 Å². The number of nitrogen functional groups attached to an aromatic ring is 1. The van der Waals surface area contributed by atoms with Gasteiger partial charge in [-0.25, -0.2) is 39.4 Å². The van der Waals surface area contributed by atoms with Crippen molar-refractivity contribution in [2.75, 3.05) is 108 Å². The number of ketones is 1. The highest BCUT2D eigenvalue weighted by Gasteiger charge is 2.22. The zero-order valence-corrected chi connectivity index (χ0v) is 38.9. The molecule has 23 heteroatoms. The van der Waals surface area contributed by atoms with Gasteiger partial charge in [-0.3, -0.25) is 9.59 Å². The van der Waals surface area contributed by atoms with Crippen LogP contribution in [0.5, 0.6) is 5.75 Å². The molecule has 1 aliphatic rings. The van der Waals surface area contributed by atoms with Crippen LogP contribution in [0, 0.1) is 12.3 Å². The number of ether oxygens (including phenoxy) is 5. The maximum absolute atomic E-state index is 13.1. The Morgan fingerprint density at radius 3 is 2.11 bits per heavy atom. The average molecular weight is 963 g/mol. The zero-order chi connectivity index (χ0) is 48.9. The number of aromatic nitrogens is 9. The molecular weight excluding hydrogens is 905 g/mol. The van der Waals surface area contributed by atoms with Crippen molar-refractivity contribution in [3.8, 4) is 29.5 Å². The highest BCUT2D eigenvalue weighted by atomic mass is 16.6. The van der Waals surface area contributed by atoms with E-state index in [1.54, 1.807) is 36.9 Å². The van der Waals surface area contributed by atoms with E-state index >= 15 is 0 Å². The summed E-state index contributed by atoms with van der Waals surface area (Å²) in [6.07, 6.45) is 15.3. The highest BCUT2D eigenvalue weighted by molar-refractivity contribution is 6.00. The third-order valence-electron chi connectivity index (χ3n) is 11.1. The lowest BCUT2D eigenvalue weighted by Crippen LogP contribution is -2.47. The van der Waals surface area contributed by atoms with Crippen LogP contribution >= 0.6 is 0 Å². The molecule has 0 aliphatic carbocycles. The van der Waals surface area contributed by atoms with Crippen LogP contribution in [0.2, 0.25) is 0 Å². The number of hydrogen-bond donors (Lipinski definition) is 5. The molecule has 2 amide bonds. The predicted octanol–water partition coefficient (Wildman–Crippen LogP) is 3.04. The van der Waals surface area contributed by atoms with Crippen LogP contribution in [0.15, 0.2) is 55.4 Å². The van der Waals surface area contributed by atoms with Crippen molar-refractivity contribution in [2.45, 2.75) is 45.2 Å². The molecule has 0 radical (unpaired) electrons. The third-order valence-corrected chi connectivity index (χ3v) is 11.1. The van der Waals surface area contributed by atoms with Crippen molar-refractivity contribution >= 4 is 57.4 Å². The molecule has 370 valence electrons. The first-order valence-corrected chi connectivity index (χ1v) is 23.1. The number of hydrogen-bond acceptors (Lipinski definition) is 19. The number of nitrogens with one attached hydrogen (secondary N) is 3. The Morgan fingerprint density at radius 2 is 1.43 bits per heavy atom. The fourth-order valence-electron chi connectivity index (χ4n) is 7.43. The highest BCUT2D eigenvalue weighted by Crippen LogP contribution is 2.33. The Bertz CT molecular complexity index is 2670. The van der Waals surface area contributed by atoms with Crippen LogP contribution in [0.3, 0.4) is 0 Å². The number of carbonyl (C=O) groups excluding carboxylic acids is 3. The van der Waals surface area contributed by atoms with Gasteiger partial charge in [-0.05, 0) is 37.1 Å². The van der Waals surface area contributed by atoms with Gasteiger partial charge in [0.15, 0.2) is 18.0 Å². The smallest absolute Gasteiger partial charge is 0.408 e. The number of aryl methyl sites for hydroxylation is 1. The number of H-pyrrole nitrogens is 1. The molecule has 0 spiro atoms. The maximum atomic E-state index is 13.1. The summed E-state index contributed by atoms with van der Waals surface area (Å²) in [5.41, 5.74) is 10.4. The predicted molar refractivity (Wildman–Crippen MR) is 258 cm³/mol. The van der Waals surface area contributed by atoms with Gasteiger partial charge < -0.3 is 59.9 Å². The van der Waals surface area contributed by atoms with E-state index in [1.165, 1.54) is 6.33 Å². The number of anilines is 3. The monoisotopic (exact) mass is 962 g/mol. The van der Waals surface area contributed by atoms with Gasteiger partial charge in [-0.15, -0.1) is 6.42 Å².